The lowest BCUT2D eigenvalue weighted by molar-refractivity contribution is 0.0732. The number of benzene rings is 3. The van der Waals surface area contributed by atoms with Crippen molar-refractivity contribution in [3.8, 4) is 16.9 Å². The summed E-state index contributed by atoms with van der Waals surface area (Å²) in [5.41, 5.74) is 6.91. The molecule has 0 unspecified atom stereocenters. The lowest BCUT2D eigenvalue weighted by Gasteiger charge is -2.21. The predicted molar refractivity (Wildman–Crippen MR) is 121 cm³/mol. The maximum atomic E-state index is 13.2. The fourth-order valence-electron chi connectivity index (χ4n) is 3.83. The summed E-state index contributed by atoms with van der Waals surface area (Å²) in [6.45, 7) is 3.54. The second-order valence-electron chi connectivity index (χ2n) is 7.52. The molecule has 0 saturated heterocycles. The first-order valence-corrected chi connectivity index (χ1v) is 10.6. The highest BCUT2D eigenvalue weighted by Gasteiger charge is 2.23. The lowest BCUT2D eigenvalue weighted by Crippen LogP contribution is -2.32. The number of ether oxygens (including phenoxy) is 1. The standard InChI is InChI=1S/C24H20BrN3O2/c1-15-2-5-19(20(25)10-15)24(29)28-8-9-30-23-7-4-16(11-18(23)13-28)17-3-6-21-22(12-17)27-14-26-21/h2-7,10-12,14H,8-9,13H2,1H3,(H,26,27). The number of aromatic amines is 1. The smallest absolute Gasteiger partial charge is 0.255 e. The molecular formula is C24H20BrN3O2. The van der Waals surface area contributed by atoms with E-state index in [-0.39, 0.29) is 5.91 Å². The highest BCUT2D eigenvalue weighted by molar-refractivity contribution is 9.10. The van der Waals surface area contributed by atoms with Crippen LogP contribution in [0.2, 0.25) is 0 Å². The number of hydrogen-bond donors (Lipinski definition) is 1. The molecule has 0 bridgehead atoms. The number of nitrogens with zero attached hydrogens (tertiary/aromatic N) is 2. The van der Waals surface area contributed by atoms with Crippen molar-refractivity contribution in [1.82, 2.24) is 14.9 Å². The van der Waals surface area contributed by atoms with Crippen LogP contribution in [-0.4, -0.2) is 33.9 Å². The summed E-state index contributed by atoms with van der Waals surface area (Å²) in [6.07, 6.45) is 1.70. The molecule has 0 radical (unpaired) electrons. The van der Waals surface area contributed by atoms with Crippen LogP contribution in [-0.2, 0) is 6.54 Å². The molecular weight excluding hydrogens is 442 g/mol. The maximum absolute atomic E-state index is 13.2. The molecule has 1 N–H and O–H groups in total. The number of halogens is 1. The van der Waals surface area contributed by atoms with Crippen LogP contribution in [0.5, 0.6) is 5.75 Å². The molecule has 5 rings (SSSR count). The third-order valence-corrected chi connectivity index (χ3v) is 6.09. The molecule has 1 aromatic heterocycles. The van der Waals surface area contributed by atoms with Crippen LogP contribution in [0.15, 0.2) is 65.4 Å². The van der Waals surface area contributed by atoms with Crippen LogP contribution in [0.4, 0.5) is 0 Å². The number of aromatic nitrogens is 2. The molecule has 30 heavy (non-hydrogen) atoms. The third kappa shape index (κ3) is 3.48. The number of amides is 1. The summed E-state index contributed by atoms with van der Waals surface area (Å²) in [6, 6.07) is 18.1. The molecule has 0 fully saturated rings. The van der Waals surface area contributed by atoms with Gasteiger partial charge in [-0.1, -0.05) is 18.2 Å². The highest BCUT2D eigenvalue weighted by atomic mass is 79.9. The van der Waals surface area contributed by atoms with Crippen molar-refractivity contribution in [3.63, 3.8) is 0 Å². The van der Waals surface area contributed by atoms with Crippen molar-refractivity contribution in [3.05, 3.63) is 82.1 Å². The number of rotatable bonds is 2. The zero-order valence-corrected chi connectivity index (χ0v) is 18.1. The zero-order chi connectivity index (χ0) is 20.7. The molecule has 1 aliphatic heterocycles. The molecule has 5 nitrogen and oxygen atoms in total. The van der Waals surface area contributed by atoms with Crippen molar-refractivity contribution in [2.75, 3.05) is 13.2 Å². The Kier molecular flexibility index (Phi) is 4.79. The van der Waals surface area contributed by atoms with Gasteiger partial charge < -0.3 is 14.6 Å². The molecule has 6 heteroatoms. The first-order chi connectivity index (χ1) is 14.6. The molecule has 0 saturated carbocycles. The Hall–Kier alpha value is -3.12. The van der Waals surface area contributed by atoms with Gasteiger partial charge in [-0.15, -0.1) is 0 Å². The van der Waals surface area contributed by atoms with Crippen LogP contribution in [0.1, 0.15) is 21.5 Å². The number of aryl methyl sites for hydroxylation is 1. The summed E-state index contributed by atoms with van der Waals surface area (Å²) in [4.78, 5) is 22.5. The summed E-state index contributed by atoms with van der Waals surface area (Å²) < 4.78 is 6.76. The monoisotopic (exact) mass is 461 g/mol. The second kappa shape index (κ2) is 7.61. The summed E-state index contributed by atoms with van der Waals surface area (Å²) in [5.74, 6) is 0.835. The average Bonchev–Trinajstić information content (AvgIpc) is 3.10. The molecule has 1 aliphatic rings. The first-order valence-electron chi connectivity index (χ1n) is 9.83. The molecule has 0 atom stereocenters. The van der Waals surface area contributed by atoms with E-state index in [4.69, 9.17) is 4.74 Å². The van der Waals surface area contributed by atoms with Gasteiger partial charge in [0.15, 0.2) is 0 Å². The predicted octanol–water partition coefficient (Wildman–Crippen LogP) is 5.34. The van der Waals surface area contributed by atoms with E-state index in [9.17, 15) is 4.79 Å². The molecule has 150 valence electrons. The maximum Gasteiger partial charge on any atom is 0.255 e. The third-order valence-electron chi connectivity index (χ3n) is 5.44. The molecule has 0 spiro atoms. The number of fused-ring (bicyclic) bond motifs is 2. The van der Waals surface area contributed by atoms with Crippen LogP contribution >= 0.6 is 15.9 Å². The zero-order valence-electron chi connectivity index (χ0n) is 16.5. The minimum Gasteiger partial charge on any atom is -0.491 e. The van der Waals surface area contributed by atoms with Crippen molar-refractivity contribution in [1.29, 1.82) is 0 Å². The van der Waals surface area contributed by atoms with Crippen molar-refractivity contribution in [2.45, 2.75) is 13.5 Å². The summed E-state index contributed by atoms with van der Waals surface area (Å²) in [5, 5.41) is 0. The first kappa shape index (κ1) is 18.9. The van der Waals surface area contributed by atoms with E-state index in [1.165, 1.54) is 0 Å². The van der Waals surface area contributed by atoms with E-state index in [1.54, 1.807) is 6.33 Å². The van der Waals surface area contributed by atoms with Gasteiger partial charge in [0.25, 0.3) is 5.91 Å². The minimum atomic E-state index is 0.00241. The normalized spacial score (nSPS) is 13.6. The van der Waals surface area contributed by atoms with E-state index in [0.29, 0.717) is 25.3 Å². The van der Waals surface area contributed by atoms with E-state index in [0.717, 1.165) is 43.5 Å². The van der Waals surface area contributed by atoms with Crippen molar-refractivity contribution in [2.24, 2.45) is 0 Å². The Morgan fingerprint density at radius 1 is 1.10 bits per heavy atom. The highest BCUT2D eigenvalue weighted by Crippen LogP contribution is 2.31. The van der Waals surface area contributed by atoms with Crippen molar-refractivity contribution < 1.29 is 9.53 Å². The lowest BCUT2D eigenvalue weighted by atomic mass is 10.0. The number of carbonyl (C=O) groups is 1. The van der Waals surface area contributed by atoms with E-state index < -0.39 is 0 Å². The molecule has 3 aromatic carbocycles. The van der Waals surface area contributed by atoms with Crippen LogP contribution < -0.4 is 4.74 Å². The minimum absolute atomic E-state index is 0.00241. The Labute approximate surface area is 182 Å². The summed E-state index contributed by atoms with van der Waals surface area (Å²) in [7, 11) is 0. The van der Waals surface area contributed by atoms with Gasteiger partial charge in [0.2, 0.25) is 0 Å². The summed E-state index contributed by atoms with van der Waals surface area (Å²) >= 11 is 3.54. The Morgan fingerprint density at radius 2 is 1.93 bits per heavy atom. The number of imidazole rings is 1. The number of hydrogen-bond acceptors (Lipinski definition) is 3. The van der Waals surface area contributed by atoms with E-state index >= 15 is 0 Å². The van der Waals surface area contributed by atoms with E-state index in [1.807, 2.05) is 42.2 Å². The SMILES string of the molecule is Cc1ccc(C(=O)N2CCOc3ccc(-c4ccc5nc[nH]c5c4)cc3C2)c(Br)c1. The van der Waals surface area contributed by atoms with Gasteiger partial charge >= 0.3 is 0 Å². The number of nitrogens with one attached hydrogen (secondary N) is 1. The Bertz CT molecular complexity index is 1260. The molecule has 0 aliphatic carbocycles. The Balaban J connectivity index is 1.47. The molecule has 2 heterocycles. The van der Waals surface area contributed by atoms with Gasteiger partial charge in [0.1, 0.15) is 12.4 Å². The second-order valence-corrected chi connectivity index (χ2v) is 8.37. The van der Waals surface area contributed by atoms with Gasteiger partial charge in [-0.2, -0.15) is 0 Å². The van der Waals surface area contributed by atoms with Gasteiger partial charge in [0, 0.05) is 16.6 Å². The van der Waals surface area contributed by atoms with E-state index in [2.05, 4.69) is 50.2 Å². The Morgan fingerprint density at radius 3 is 2.80 bits per heavy atom. The fraction of sp³-hybridized carbons (Fsp3) is 0.167. The number of H-pyrrole nitrogens is 1. The molecule has 1 amide bonds. The van der Waals surface area contributed by atoms with Crippen LogP contribution in [0.25, 0.3) is 22.2 Å². The van der Waals surface area contributed by atoms with Gasteiger partial charge in [-0.3, -0.25) is 4.79 Å². The fourth-order valence-corrected chi connectivity index (χ4v) is 4.49. The van der Waals surface area contributed by atoms with Gasteiger partial charge in [0.05, 0.1) is 29.5 Å². The average molecular weight is 462 g/mol. The van der Waals surface area contributed by atoms with Gasteiger partial charge in [-0.25, -0.2) is 4.98 Å². The van der Waals surface area contributed by atoms with Crippen LogP contribution in [0.3, 0.4) is 0 Å². The number of carbonyl (C=O) groups excluding carboxylic acids is 1. The molecule has 4 aromatic rings. The quantitative estimate of drug-likeness (QED) is 0.438. The van der Waals surface area contributed by atoms with Gasteiger partial charge in [-0.05, 0) is 75.9 Å². The topological polar surface area (TPSA) is 58.2 Å². The van der Waals surface area contributed by atoms with Crippen LogP contribution in [0, 0.1) is 6.92 Å². The van der Waals surface area contributed by atoms with Crippen molar-refractivity contribution >= 4 is 32.9 Å². The largest absolute Gasteiger partial charge is 0.491 e.